The lowest BCUT2D eigenvalue weighted by Crippen LogP contribution is -2.67. The van der Waals surface area contributed by atoms with Gasteiger partial charge in [0.25, 0.3) is 0 Å². The van der Waals surface area contributed by atoms with Crippen molar-refractivity contribution in [2.24, 2.45) is 5.92 Å². The second-order valence-corrected chi connectivity index (χ2v) is 11.8. The number of hydrogen-bond donors (Lipinski definition) is 1. The topological polar surface area (TPSA) is 119 Å². The average Bonchev–Trinajstić information content (AvgIpc) is 3.49. The number of hydrogen-bond acceptors (Lipinski definition) is 9. The van der Waals surface area contributed by atoms with Crippen LogP contribution in [0.25, 0.3) is 22.1 Å². The summed E-state index contributed by atoms with van der Waals surface area (Å²) < 4.78 is 28.3. The fraction of sp³-hybridized carbons (Fsp3) is 0.481. The summed E-state index contributed by atoms with van der Waals surface area (Å²) in [7, 11) is 0. The smallest absolute Gasteiger partial charge is 0.167 e. The molecule has 3 aliphatic rings. The Morgan fingerprint density at radius 3 is 2.68 bits per heavy atom. The molecule has 1 spiro atoms. The fourth-order valence-electron chi connectivity index (χ4n) is 6.27. The van der Waals surface area contributed by atoms with Gasteiger partial charge in [0, 0.05) is 30.5 Å². The summed E-state index contributed by atoms with van der Waals surface area (Å²) in [6.45, 7) is 8.21. The van der Waals surface area contributed by atoms with Crippen molar-refractivity contribution in [1.29, 1.82) is 0 Å². The molecule has 198 valence electrons. The van der Waals surface area contributed by atoms with E-state index in [2.05, 4.69) is 33.8 Å². The van der Waals surface area contributed by atoms with Crippen LogP contribution in [0.15, 0.2) is 43.1 Å². The Bertz CT molecular complexity index is 1570. The quantitative estimate of drug-likeness (QED) is 0.397. The zero-order valence-corrected chi connectivity index (χ0v) is 22.3. The SMILES string of the molecule is CC(C)C1(Oc2ccc3cc(Cl)cnc3c2)CC2(C1)O[C@@H](n1cnc3c(N)ncnc31)[C@@H]1OC(C)(C)O[C@@H]12. The summed E-state index contributed by atoms with van der Waals surface area (Å²) in [5.41, 5.74) is 6.97. The van der Waals surface area contributed by atoms with Gasteiger partial charge in [0.15, 0.2) is 23.5 Å². The summed E-state index contributed by atoms with van der Waals surface area (Å²) in [6.07, 6.45) is 4.93. The van der Waals surface area contributed by atoms with Gasteiger partial charge in [-0.1, -0.05) is 25.4 Å². The molecule has 0 radical (unpaired) electrons. The van der Waals surface area contributed by atoms with E-state index in [1.54, 1.807) is 12.5 Å². The van der Waals surface area contributed by atoms with E-state index in [4.69, 9.17) is 36.3 Å². The molecule has 2 N–H and O–H groups in total. The van der Waals surface area contributed by atoms with Gasteiger partial charge in [-0.3, -0.25) is 9.55 Å². The van der Waals surface area contributed by atoms with Gasteiger partial charge in [-0.05, 0) is 38.0 Å². The number of nitrogen functional groups attached to an aromatic ring is 1. The van der Waals surface area contributed by atoms with Gasteiger partial charge in [-0.15, -0.1) is 0 Å². The molecule has 11 heteroatoms. The predicted molar refractivity (Wildman–Crippen MR) is 141 cm³/mol. The van der Waals surface area contributed by atoms with Crippen LogP contribution in [0.4, 0.5) is 5.82 Å². The molecule has 1 saturated carbocycles. The second kappa shape index (κ2) is 7.98. The predicted octanol–water partition coefficient (Wildman–Crippen LogP) is 4.67. The number of fused-ring (bicyclic) bond motifs is 4. The monoisotopic (exact) mass is 536 g/mol. The third-order valence-electron chi connectivity index (χ3n) is 8.14. The molecule has 4 aromatic rings. The molecule has 3 atom stereocenters. The van der Waals surface area contributed by atoms with Crippen molar-refractivity contribution in [2.45, 2.75) is 76.0 Å². The standard InChI is InChI=1S/C27H29ClN6O4/c1-14(2)26(35-17-6-5-15-7-16(28)9-30-18(15)8-17)10-27(11-26)21-20(36-25(3,4)37-21)24(38-27)34-13-33-19-22(29)31-12-32-23(19)34/h5-9,12-14,20-21,24H,10-11H2,1-4H3,(H2,29,31,32)/t20-,21+,24-,26?,27?/m1/s1. The molecule has 1 aliphatic carbocycles. The average molecular weight is 537 g/mol. The maximum absolute atomic E-state index is 6.83. The first-order valence-corrected chi connectivity index (χ1v) is 13.2. The number of halogens is 1. The molecule has 38 heavy (non-hydrogen) atoms. The highest BCUT2D eigenvalue weighted by atomic mass is 35.5. The van der Waals surface area contributed by atoms with Crippen molar-refractivity contribution in [1.82, 2.24) is 24.5 Å². The molecule has 0 amide bonds. The number of imidazole rings is 1. The Kier molecular flexibility index (Phi) is 5.05. The second-order valence-electron chi connectivity index (χ2n) is 11.4. The van der Waals surface area contributed by atoms with E-state index in [-0.39, 0.29) is 18.1 Å². The molecule has 10 nitrogen and oxygen atoms in total. The van der Waals surface area contributed by atoms with Crippen molar-refractivity contribution >= 4 is 39.5 Å². The molecule has 0 unspecified atom stereocenters. The van der Waals surface area contributed by atoms with Gasteiger partial charge in [-0.25, -0.2) is 15.0 Å². The molecule has 3 aromatic heterocycles. The van der Waals surface area contributed by atoms with Gasteiger partial charge in [0.2, 0.25) is 0 Å². The molecule has 5 heterocycles. The first kappa shape index (κ1) is 24.0. The van der Waals surface area contributed by atoms with Crippen LogP contribution in [0.2, 0.25) is 5.02 Å². The van der Waals surface area contributed by atoms with Crippen molar-refractivity contribution < 1.29 is 18.9 Å². The van der Waals surface area contributed by atoms with Crippen molar-refractivity contribution in [3.05, 3.63) is 48.1 Å². The molecule has 1 aromatic carbocycles. The number of aromatic nitrogens is 5. The minimum absolute atomic E-state index is 0.222. The molecule has 3 fully saturated rings. The zero-order chi connectivity index (χ0) is 26.4. The van der Waals surface area contributed by atoms with E-state index in [1.165, 1.54) is 6.33 Å². The lowest BCUT2D eigenvalue weighted by atomic mass is 9.60. The minimum atomic E-state index is -0.753. The van der Waals surface area contributed by atoms with Crippen LogP contribution in [-0.2, 0) is 14.2 Å². The Hall–Kier alpha value is -3.05. The molecule has 2 aliphatic heterocycles. The van der Waals surface area contributed by atoms with Crippen LogP contribution in [-0.4, -0.2) is 53.7 Å². The van der Waals surface area contributed by atoms with Crippen LogP contribution in [0, 0.1) is 5.92 Å². The molecular weight excluding hydrogens is 508 g/mol. The molecular formula is C27H29ClN6O4. The Labute approximate surface area is 224 Å². The van der Waals surface area contributed by atoms with Gasteiger partial charge < -0.3 is 24.7 Å². The summed E-state index contributed by atoms with van der Waals surface area (Å²) in [6, 6.07) is 7.81. The Balaban J connectivity index is 1.22. The number of benzene rings is 1. The van der Waals surface area contributed by atoms with Gasteiger partial charge in [0.1, 0.15) is 41.0 Å². The number of pyridine rings is 1. The highest BCUT2D eigenvalue weighted by Gasteiger charge is 2.72. The Morgan fingerprint density at radius 2 is 1.89 bits per heavy atom. The van der Waals surface area contributed by atoms with Crippen LogP contribution in [0.3, 0.4) is 0 Å². The first-order valence-electron chi connectivity index (χ1n) is 12.8. The van der Waals surface area contributed by atoms with Crippen LogP contribution >= 0.6 is 11.6 Å². The van der Waals surface area contributed by atoms with Gasteiger partial charge in [0.05, 0.1) is 16.9 Å². The van der Waals surface area contributed by atoms with Crippen molar-refractivity contribution in [3.63, 3.8) is 0 Å². The molecule has 7 rings (SSSR count). The highest BCUT2D eigenvalue weighted by molar-refractivity contribution is 6.31. The maximum Gasteiger partial charge on any atom is 0.167 e. The third-order valence-corrected chi connectivity index (χ3v) is 8.34. The lowest BCUT2D eigenvalue weighted by molar-refractivity contribution is -0.275. The van der Waals surface area contributed by atoms with E-state index in [0.29, 0.717) is 34.8 Å². The summed E-state index contributed by atoms with van der Waals surface area (Å²) in [4.78, 5) is 17.4. The number of ether oxygens (including phenoxy) is 4. The van der Waals surface area contributed by atoms with Gasteiger partial charge in [-0.2, -0.15) is 0 Å². The van der Waals surface area contributed by atoms with E-state index in [9.17, 15) is 0 Å². The molecule has 2 saturated heterocycles. The van der Waals surface area contributed by atoms with Crippen molar-refractivity contribution in [2.75, 3.05) is 5.73 Å². The third kappa shape index (κ3) is 3.51. The number of nitrogens with two attached hydrogens (primary N) is 1. The van der Waals surface area contributed by atoms with Crippen molar-refractivity contribution in [3.8, 4) is 5.75 Å². The number of anilines is 1. The van der Waals surface area contributed by atoms with Crippen LogP contribution in [0.1, 0.15) is 46.8 Å². The van der Waals surface area contributed by atoms with Crippen LogP contribution < -0.4 is 10.5 Å². The highest BCUT2D eigenvalue weighted by Crippen LogP contribution is 2.61. The largest absolute Gasteiger partial charge is 0.487 e. The Morgan fingerprint density at radius 1 is 1.08 bits per heavy atom. The first-order chi connectivity index (χ1) is 18.1. The normalized spacial score (nSPS) is 31.8. The van der Waals surface area contributed by atoms with Crippen LogP contribution in [0.5, 0.6) is 5.75 Å². The molecule has 0 bridgehead atoms. The number of nitrogens with zero attached hydrogens (tertiary/aromatic N) is 5. The van der Waals surface area contributed by atoms with E-state index in [0.717, 1.165) is 16.7 Å². The van der Waals surface area contributed by atoms with Gasteiger partial charge >= 0.3 is 0 Å². The number of rotatable bonds is 4. The fourth-order valence-corrected chi connectivity index (χ4v) is 6.43. The minimum Gasteiger partial charge on any atom is -0.487 e. The zero-order valence-electron chi connectivity index (χ0n) is 21.6. The van der Waals surface area contributed by atoms with E-state index < -0.39 is 23.2 Å². The van der Waals surface area contributed by atoms with E-state index in [1.807, 2.05) is 42.7 Å². The van der Waals surface area contributed by atoms with E-state index >= 15 is 0 Å². The maximum atomic E-state index is 6.83. The summed E-state index contributed by atoms with van der Waals surface area (Å²) >= 11 is 6.11. The lowest BCUT2D eigenvalue weighted by Gasteiger charge is -2.57. The summed E-state index contributed by atoms with van der Waals surface area (Å²) in [5.74, 6) is 0.556. The summed E-state index contributed by atoms with van der Waals surface area (Å²) in [5, 5.41) is 1.57.